The van der Waals surface area contributed by atoms with Crippen LogP contribution in [-0.4, -0.2) is 23.5 Å². The monoisotopic (exact) mass is 291 g/mol. The number of carbonyl (C=O) groups excluding carboxylic acids is 1. The van der Waals surface area contributed by atoms with E-state index in [-0.39, 0.29) is 11.9 Å². The zero-order chi connectivity index (χ0) is 11.3. The maximum atomic E-state index is 11.7. The van der Waals surface area contributed by atoms with Crippen LogP contribution in [0.25, 0.3) is 0 Å². The first-order chi connectivity index (χ1) is 7.15. The predicted octanol–water partition coefficient (Wildman–Crippen LogP) is 2.91. The van der Waals surface area contributed by atoms with Crippen LogP contribution in [0.1, 0.15) is 24.2 Å². The van der Waals surface area contributed by atoms with Crippen molar-refractivity contribution in [3.05, 3.63) is 22.6 Å². The second kappa shape index (κ2) is 6.23. The third-order valence-corrected chi connectivity index (χ3v) is 3.57. The second-order valence-electron chi connectivity index (χ2n) is 3.14. The van der Waals surface area contributed by atoms with Gasteiger partial charge < -0.3 is 9.73 Å². The van der Waals surface area contributed by atoms with Gasteiger partial charge in [0.25, 0.3) is 5.91 Å². The Balaban J connectivity index is 2.46. The quantitative estimate of drug-likeness (QED) is 0.907. The molecule has 1 aromatic heterocycles. The van der Waals surface area contributed by atoms with Crippen molar-refractivity contribution in [2.45, 2.75) is 19.9 Å². The minimum absolute atomic E-state index is 0.0974. The van der Waals surface area contributed by atoms with Crippen LogP contribution in [0.3, 0.4) is 0 Å². The summed E-state index contributed by atoms with van der Waals surface area (Å²) in [6.07, 6.45) is 1.49. The summed E-state index contributed by atoms with van der Waals surface area (Å²) in [4.78, 5) is 11.7. The smallest absolute Gasteiger partial charge is 0.255 e. The Morgan fingerprint density at radius 2 is 2.47 bits per heavy atom. The number of furan rings is 1. The molecule has 0 aliphatic rings. The Bertz CT molecular complexity index is 327. The van der Waals surface area contributed by atoms with Crippen LogP contribution in [0.4, 0.5) is 0 Å². The van der Waals surface area contributed by atoms with Crippen LogP contribution >= 0.6 is 27.7 Å². The third kappa shape index (κ3) is 3.91. The van der Waals surface area contributed by atoms with Crippen molar-refractivity contribution < 1.29 is 9.21 Å². The Labute approximate surface area is 102 Å². The van der Waals surface area contributed by atoms with Gasteiger partial charge in [0.15, 0.2) is 4.67 Å². The second-order valence-corrected chi connectivity index (χ2v) is 5.18. The van der Waals surface area contributed by atoms with Crippen molar-refractivity contribution in [3.8, 4) is 0 Å². The number of rotatable bonds is 5. The van der Waals surface area contributed by atoms with Crippen LogP contribution in [0.15, 0.2) is 21.4 Å². The van der Waals surface area contributed by atoms with Crippen LogP contribution in [-0.2, 0) is 0 Å². The SMILES string of the molecule is CCSCC(C)NC(=O)c1ccoc1Br. The summed E-state index contributed by atoms with van der Waals surface area (Å²) in [5, 5.41) is 2.91. The van der Waals surface area contributed by atoms with Gasteiger partial charge in [-0.15, -0.1) is 0 Å². The van der Waals surface area contributed by atoms with E-state index in [1.54, 1.807) is 6.07 Å². The normalized spacial score (nSPS) is 12.5. The van der Waals surface area contributed by atoms with E-state index in [0.29, 0.717) is 10.2 Å². The van der Waals surface area contributed by atoms with Crippen LogP contribution in [0, 0.1) is 0 Å². The third-order valence-electron chi connectivity index (χ3n) is 1.81. The molecule has 0 aliphatic carbocycles. The van der Waals surface area contributed by atoms with E-state index in [2.05, 4.69) is 28.2 Å². The lowest BCUT2D eigenvalue weighted by Crippen LogP contribution is -2.34. The molecule has 1 N–H and O–H groups in total. The van der Waals surface area contributed by atoms with Gasteiger partial charge in [-0.05, 0) is 34.7 Å². The Morgan fingerprint density at radius 3 is 3.00 bits per heavy atom. The topological polar surface area (TPSA) is 42.2 Å². The summed E-state index contributed by atoms with van der Waals surface area (Å²) in [7, 11) is 0. The maximum Gasteiger partial charge on any atom is 0.255 e. The molecule has 3 nitrogen and oxygen atoms in total. The van der Waals surface area contributed by atoms with E-state index in [4.69, 9.17) is 4.42 Å². The zero-order valence-corrected chi connectivity index (χ0v) is 11.2. The molecule has 1 unspecified atom stereocenters. The molecule has 0 aliphatic heterocycles. The predicted molar refractivity (Wildman–Crippen MR) is 66.3 cm³/mol. The number of halogens is 1. The molecule has 1 aromatic rings. The minimum Gasteiger partial charge on any atom is -0.457 e. The maximum absolute atomic E-state index is 11.7. The van der Waals surface area contributed by atoms with E-state index in [0.717, 1.165) is 11.5 Å². The first-order valence-electron chi connectivity index (χ1n) is 4.76. The van der Waals surface area contributed by atoms with Crippen LogP contribution < -0.4 is 5.32 Å². The van der Waals surface area contributed by atoms with Crippen molar-refractivity contribution in [2.75, 3.05) is 11.5 Å². The van der Waals surface area contributed by atoms with Crippen LogP contribution in [0.2, 0.25) is 0 Å². The summed E-state index contributed by atoms with van der Waals surface area (Å²) in [5.41, 5.74) is 0.545. The molecule has 5 heteroatoms. The van der Waals surface area contributed by atoms with Gasteiger partial charge in [0.05, 0.1) is 11.8 Å². The van der Waals surface area contributed by atoms with E-state index >= 15 is 0 Å². The highest BCUT2D eigenvalue weighted by molar-refractivity contribution is 9.10. The highest BCUT2D eigenvalue weighted by Gasteiger charge is 2.14. The summed E-state index contributed by atoms with van der Waals surface area (Å²) in [6.45, 7) is 4.10. The lowest BCUT2D eigenvalue weighted by Gasteiger charge is -2.12. The summed E-state index contributed by atoms with van der Waals surface area (Å²) in [5.74, 6) is 1.90. The van der Waals surface area contributed by atoms with Crippen molar-refractivity contribution in [2.24, 2.45) is 0 Å². The molecule has 15 heavy (non-hydrogen) atoms. The first-order valence-corrected chi connectivity index (χ1v) is 6.71. The van der Waals surface area contributed by atoms with Crippen molar-refractivity contribution in [1.29, 1.82) is 0 Å². The Hall–Kier alpha value is -0.420. The average Bonchev–Trinajstić information content (AvgIpc) is 2.61. The molecule has 1 heterocycles. The molecular formula is C10H14BrNO2S. The number of carbonyl (C=O) groups is 1. The van der Waals surface area contributed by atoms with E-state index in [1.165, 1.54) is 6.26 Å². The number of hydrogen-bond acceptors (Lipinski definition) is 3. The lowest BCUT2D eigenvalue weighted by molar-refractivity contribution is 0.0942. The first kappa shape index (κ1) is 12.6. The zero-order valence-electron chi connectivity index (χ0n) is 8.75. The fourth-order valence-corrected chi connectivity index (χ4v) is 2.19. The van der Waals surface area contributed by atoms with Gasteiger partial charge in [-0.1, -0.05) is 6.92 Å². The number of nitrogens with one attached hydrogen (secondary N) is 1. The number of amides is 1. The molecule has 84 valence electrons. The minimum atomic E-state index is -0.0974. The summed E-state index contributed by atoms with van der Waals surface area (Å²) >= 11 is 4.99. The Morgan fingerprint density at radius 1 is 1.73 bits per heavy atom. The molecule has 0 spiro atoms. The van der Waals surface area contributed by atoms with Gasteiger partial charge in [-0.3, -0.25) is 4.79 Å². The van der Waals surface area contributed by atoms with Gasteiger partial charge in [-0.2, -0.15) is 11.8 Å². The van der Waals surface area contributed by atoms with Gasteiger partial charge in [-0.25, -0.2) is 0 Å². The average molecular weight is 292 g/mol. The van der Waals surface area contributed by atoms with Gasteiger partial charge in [0.1, 0.15) is 0 Å². The molecule has 1 atom stereocenters. The van der Waals surface area contributed by atoms with E-state index in [1.807, 2.05) is 18.7 Å². The van der Waals surface area contributed by atoms with Gasteiger partial charge in [0.2, 0.25) is 0 Å². The summed E-state index contributed by atoms with van der Waals surface area (Å²) in [6, 6.07) is 1.82. The van der Waals surface area contributed by atoms with Crippen LogP contribution in [0.5, 0.6) is 0 Å². The molecular weight excluding hydrogens is 278 g/mol. The largest absolute Gasteiger partial charge is 0.457 e. The van der Waals surface area contributed by atoms with Crippen molar-refractivity contribution >= 4 is 33.6 Å². The molecule has 0 saturated heterocycles. The van der Waals surface area contributed by atoms with Crippen molar-refractivity contribution in [1.82, 2.24) is 5.32 Å². The van der Waals surface area contributed by atoms with Crippen molar-refractivity contribution in [3.63, 3.8) is 0 Å². The van der Waals surface area contributed by atoms with E-state index in [9.17, 15) is 4.79 Å². The van der Waals surface area contributed by atoms with Gasteiger partial charge in [0, 0.05) is 11.8 Å². The highest BCUT2D eigenvalue weighted by atomic mass is 79.9. The molecule has 0 aromatic carbocycles. The molecule has 1 amide bonds. The van der Waals surface area contributed by atoms with E-state index < -0.39 is 0 Å². The lowest BCUT2D eigenvalue weighted by atomic mass is 10.3. The number of thioether (sulfide) groups is 1. The Kier molecular flexibility index (Phi) is 5.25. The molecule has 0 fully saturated rings. The molecule has 0 radical (unpaired) electrons. The molecule has 0 saturated carbocycles. The van der Waals surface area contributed by atoms with Gasteiger partial charge >= 0.3 is 0 Å². The molecule has 1 rings (SSSR count). The number of hydrogen-bond donors (Lipinski definition) is 1. The summed E-state index contributed by atoms with van der Waals surface area (Å²) < 4.78 is 5.48. The highest BCUT2D eigenvalue weighted by Crippen LogP contribution is 2.17. The molecule has 0 bridgehead atoms. The fourth-order valence-electron chi connectivity index (χ4n) is 1.09. The fraction of sp³-hybridized carbons (Fsp3) is 0.500. The standard InChI is InChI=1S/C10H14BrNO2S/c1-3-15-6-7(2)12-10(13)8-4-5-14-9(8)11/h4-5,7H,3,6H2,1-2H3,(H,12,13).